The quantitative estimate of drug-likeness (QED) is 0.676. The molecule has 3 heterocycles. The summed E-state index contributed by atoms with van der Waals surface area (Å²) in [6, 6.07) is 12.7. The van der Waals surface area contributed by atoms with Gasteiger partial charge in [0.15, 0.2) is 5.65 Å². The summed E-state index contributed by atoms with van der Waals surface area (Å²) in [6.45, 7) is 0.729. The summed E-state index contributed by atoms with van der Waals surface area (Å²) in [5.74, 6) is 0. The standard InChI is InChI=1S/C20H20N4O3S/c25-20-18-7-4-11-21-19(18)22-15-24(20)17-8-12-23(13-9-17)28(26,27)14-10-16-5-2-1-3-6-16/h1-7,10-11,14-15,17H,8-9,12-13H2/b14-10+. The first-order valence-corrected chi connectivity index (χ1v) is 10.6. The Morgan fingerprint density at radius 1 is 1.00 bits per heavy atom. The third-order valence-electron chi connectivity index (χ3n) is 4.96. The zero-order valence-electron chi connectivity index (χ0n) is 15.2. The van der Waals surface area contributed by atoms with Crippen molar-refractivity contribution in [3.05, 3.63) is 76.3 Å². The third-order valence-corrected chi connectivity index (χ3v) is 6.53. The number of hydrogen-bond donors (Lipinski definition) is 0. The maximum atomic E-state index is 12.7. The predicted octanol–water partition coefficient (Wildman–Crippen LogP) is 2.43. The Balaban J connectivity index is 1.48. The molecule has 4 rings (SSSR count). The van der Waals surface area contributed by atoms with Crippen LogP contribution < -0.4 is 5.56 Å². The molecule has 144 valence electrons. The van der Waals surface area contributed by atoms with Gasteiger partial charge in [0, 0.05) is 30.7 Å². The normalized spacial score (nSPS) is 16.7. The predicted molar refractivity (Wildman–Crippen MR) is 108 cm³/mol. The monoisotopic (exact) mass is 396 g/mol. The first-order chi connectivity index (χ1) is 13.5. The third kappa shape index (κ3) is 3.74. The molecule has 3 aromatic rings. The van der Waals surface area contributed by atoms with Gasteiger partial charge in [-0.2, -0.15) is 4.31 Å². The molecule has 0 atom stereocenters. The van der Waals surface area contributed by atoms with E-state index in [1.54, 1.807) is 29.0 Å². The zero-order chi connectivity index (χ0) is 19.6. The molecule has 0 N–H and O–H groups in total. The summed E-state index contributed by atoms with van der Waals surface area (Å²) in [5.41, 5.74) is 1.13. The number of sulfonamides is 1. The van der Waals surface area contributed by atoms with Crippen LogP contribution in [0.4, 0.5) is 0 Å². The van der Waals surface area contributed by atoms with Gasteiger partial charge in [0.1, 0.15) is 6.33 Å². The minimum Gasteiger partial charge on any atom is -0.295 e. The maximum Gasteiger partial charge on any atom is 0.263 e. The first-order valence-electron chi connectivity index (χ1n) is 9.10. The van der Waals surface area contributed by atoms with Gasteiger partial charge < -0.3 is 0 Å². The summed E-state index contributed by atoms with van der Waals surface area (Å²) in [7, 11) is -3.49. The molecule has 1 aliphatic heterocycles. The molecule has 0 saturated carbocycles. The molecular weight excluding hydrogens is 376 g/mol. The van der Waals surface area contributed by atoms with Crippen molar-refractivity contribution in [1.29, 1.82) is 0 Å². The molecule has 0 radical (unpaired) electrons. The average Bonchev–Trinajstić information content (AvgIpc) is 2.74. The Kier molecular flexibility index (Phi) is 5.06. The molecule has 8 heteroatoms. The Labute approximate surface area is 163 Å². The fraction of sp³-hybridized carbons (Fsp3) is 0.250. The lowest BCUT2D eigenvalue weighted by atomic mass is 10.1. The minimum atomic E-state index is -3.49. The van der Waals surface area contributed by atoms with Gasteiger partial charge in [0.2, 0.25) is 10.0 Å². The Morgan fingerprint density at radius 3 is 2.50 bits per heavy atom. The SMILES string of the molecule is O=c1c2cccnc2ncn1C1CCN(S(=O)(=O)/C=C/c2ccccc2)CC1. The molecule has 0 amide bonds. The van der Waals surface area contributed by atoms with E-state index in [2.05, 4.69) is 9.97 Å². The summed E-state index contributed by atoms with van der Waals surface area (Å²) >= 11 is 0. The molecule has 2 aromatic heterocycles. The highest BCUT2D eigenvalue weighted by atomic mass is 32.2. The van der Waals surface area contributed by atoms with Crippen LogP contribution in [0.2, 0.25) is 0 Å². The highest BCUT2D eigenvalue weighted by molar-refractivity contribution is 7.92. The molecule has 28 heavy (non-hydrogen) atoms. The van der Waals surface area contributed by atoms with Crippen molar-refractivity contribution in [2.75, 3.05) is 13.1 Å². The smallest absolute Gasteiger partial charge is 0.263 e. The van der Waals surface area contributed by atoms with Gasteiger partial charge in [-0.3, -0.25) is 9.36 Å². The number of aromatic nitrogens is 3. The summed E-state index contributed by atoms with van der Waals surface area (Å²) in [5, 5.41) is 1.73. The van der Waals surface area contributed by atoms with E-state index in [1.807, 2.05) is 30.3 Å². The number of hydrogen-bond acceptors (Lipinski definition) is 5. The second-order valence-corrected chi connectivity index (χ2v) is 8.54. The van der Waals surface area contributed by atoms with Crippen LogP contribution in [0.1, 0.15) is 24.4 Å². The largest absolute Gasteiger partial charge is 0.295 e. The van der Waals surface area contributed by atoms with Crippen LogP contribution in [0, 0.1) is 0 Å². The Bertz CT molecular complexity index is 1160. The van der Waals surface area contributed by atoms with Crippen LogP contribution in [-0.2, 0) is 10.0 Å². The van der Waals surface area contributed by atoms with E-state index >= 15 is 0 Å². The lowest BCUT2D eigenvalue weighted by Crippen LogP contribution is -2.40. The molecule has 1 saturated heterocycles. The van der Waals surface area contributed by atoms with Crippen LogP contribution in [0.25, 0.3) is 17.1 Å². The van der Waals surface area contributed by atoms with E-state index in [0.29, 0.717) is 37.0 Å². The fourth-order valence-electron chi connectivity index (χ4n) is 3.42. The van der Waals surface area contributed by atoms with Gasteiger partial charge >= 0.3 is 0 Å². The van der Waals surface area contributed by atoms with Crippen molar-refractivity contribution in [2.24, 2.45) is 0 Å². The van der Waals surface area contributed by atoms with Gasteiger partial charge in [0.25, 0.3) is 5.56 Å². The maximum absolute atomic E-state index is 12.7. The van der Waals surface area contributed by atoms with Crippen molar-refractivity contribution < 1.29 is 8.42 Å². The van der Waals surface area contributed by atoms with Crippen molar-refractivity contribution in [1.82, 2.24) is 18.8 Å². The van der Waals surface area contributed by atoms with Gasteiger partial charge in [0.05, 0.1) is 5.39 Å². The summed E-state index contributed by atoms with van der Waals surface area (Å²) in [6.07, 6.45) is 5.84. The van der Waals surface area contributed by atoms with Crippen LogP contribution in [-0.4, -0.2) is 40.3 Å². The first kappa shape index (κ1) is 18.5. The second kappa shape index (κ2) is 7.65. The molecule has 1 fully saturated rings. The number of fused-ring (bicyclic) bond motifs is 1. The molecule has 0 unspecified atom stereocenters. The van der Waals surface area contributed by atoms with Crippen LogP contribution >= 0.6 is 0 Å². The lowest BCUT2D eigenvalue weighted by molar-refractivity contribution is 0.271. The second-order valence-electron chi connectivity index (χ2n) is 6.72. The van der Waals surface area contributed by atoms with E-state index in [1.165, 1.54) is 16.0 Å². The highest BCUT2D eigenvalue weighted by Gasteiger charge is 2.28. The fourth-order valence-corrected chi connectivity index (χ4v) is 4.65. The van der Waals surface area contributed by atoms with Crippen molar-refractivity contribution in [3.8, 4) is 0 Å². The van der Waals surface area contributed by atoms with Crippen LogP contribution in [0.3, 0.4) is 0 Å². The number of benzene rings is 1. The molecular formula is C20H20N4O3S. The Morgan fingerprint density at radius 2 is 1.75 bits per heavy atom. The van der Waals surface area contributed by atoms with E-state index in [-0.39, 0.29) is 11.6 Å². The number of piperidine rings is 1. The number of pyridine rings is 1. The van der Waals surface area contributed by atoms with E-state index in [9.17, 15) is 13.2 Å². The van der Waals surface area contributed by atoms with Crippen LogP contribution in [0.15, 0.2) is 65.2 Å². The molecule has 0 bridgehead atoms. The van der Waals surface area contributed by atoms with Crippen molar-refractivity contribution in [3.63, 3.8) is 0 Å². The lowest BCUT2D eigenvalue weighted by Gasteiger charge is -2.31. The van der Waals surface area contributed by atoms with E-state index in [0.717, 1.165) is 5.56 Å². The number of nitrogens with zero attached hydrogens (tertiary/aromatic N) is 4. The van der Waals surface area contributed by atoms with Crippen molar-refractivity contribution >= 4 is 27.1 Å². The van der Waals surface area contributed by atoms with Crippen molar-refractivity contribution in [2.45, 2.75) is 18.9 Å². The summed E-state index contributed by atoms with van der Waals surface area (Å²) < 4.78 is 28.3. The zero-order valence-corrected chi connectivity index (χ0v) is 16.0. The van der Waals surface area contributed by atoms with Gasteiger partial charge in [-0.1, -0.05) is 30.3 Å². The molecule has 0 aliphatic carbocycles. The molecule has 1 aromatic carbocycles. The van der Waals surface area contributed by atoms with Gasteiger partial charge in [-0.15, -0.1) is 0 Å². The minimum absolute atomic E-state index is 0.0749. The summed E-state index contributed by atoms with van der Waals surface area (Å²) in [4.78, 5) is 21.1. The average molecular weight is 396 g/mol. The number of rotatable bonds is 4. The highest BCUT2D eigenvalue weighted by Crippen LogP contribution is 2.24. The molecule has 1 aliphatic rings. The van der Waals surface area contributed by atoms with E-state index < -0.39 is 10.0 Å². The van der Waals surface area contributed by atoms with E-state index in [4.69, 9.17) is 0 Å². The molecule has 0 spiro atoms. The Hall–Kier alpha value is -2.84. The van der Waals surface area contributed by atoms with Gasteiger partial charge in [-0.05, 0) is 36.6 Å². The molecule has 7 nitrogen and oxygen atoms in total. The van der Waals surface area contributed by atoms with Crippen LogP contribution in [0.5, 0.6) is 0 Å². The topological polar surface area (TPSA) is 85.2 Å². The van der Waals surface area contributed by atoms with Gasteiger partial charge in [-0.25, -0.2) is 18.4 Å².